The predicted octanol–water partition coefficient (Wildman–Crippen LogP) is 4.53. The van der Waals surface area contributed by atoms with Crippen molar-refractivity contribution in [2.45, 2.75) is 26.7 Å². The van der Waals surface area contributed by atoms with E-state index in [4.69, 9.17) is 19.2 Å². The van der Waals surface area contributed by atoms with E-state index in [0.29, 0.717) is 48.6 Å². The third-order valence-electron chi connectivity index (χ3n) is 7.42. The van der Waals surface area contributed by atoms with Gasteiger partial charge >= 0.3 is 0 Å². The first kappa shape index (κ1) is 30.4. The molecule has 12 heteroatoms. The fraction of sp³-hybridized carbons (Fsp3) is 0.312. The highest BCUT2D eigenvalue weighted by Crippen LogP contribution is 2.34. The summed E-state index contributed by atoms with van der Waals surface area (Å²) in [5, 5.41) is 16.5. The SMILES string of the molecule is COc1cc(C)c(-c2nc3ccccc3c(=O)n2N=Cc2cc([N+](=O)[O-])ccc2OCC(=O)N2CCOCC2)cc1C(C)C. The zero-order valence-corrected chi connectivity index (χ0v) is 25.0. The summed E-state index contributed by atoms with van der Waals surface area (Å²) in [4.78, 5) is 44.1. The molecule has 44 heavy (non-hydrogen) atoms. The van der Waals surface area contributed by atoms with E-state index in [0.717, 1.165) is 16.9 Å². The van der Waals surface area contributed by atoms with Crippen molar-refractivity contribution in [1.82, 2.24) is 14.6 Å². The number of morpholine rings is 1. The molecule has 0 unspecified atom stereocenters. The number of non-ortho nitro benzene ring substituents is 1. The molecular weight excluding hydrogens is 566 g/mol. The fourth-order valence-electron chi connectivity index (χ4n) is 5.02. The van der Waals surface area contributed by atoms with Gasteiger partial charge in [-0.2, -0.15) is 9.78 Å². The van der Waals surface area contributed by atoms with Gasteiger partial charge in [-0.15, -0.1) is 0 Å². The molecule has 3 aromatic carbocycles. The molecule has 1 amide bonds. The second kappa shape index (κ2) is 13.0. The number of carbonyl (C=O) groups excluding carboxylic acids is 1. The molecule has 1 aliphatic rings. The van der Waals surface area contributed by atoms with Crippen LogP contribution < -0.4 is 15.0 Å². The van der Waals surface area contributed by atoms with Gasteiger partial charge in [-0.1, -0.05) is 26.0 Å². The van der Waals surface area contributed by atoms with E-state index in [-0.39, 0.29) is 35.4 Å². The van der Waals surface area contributed by atoms with Gasteiger partial charge in [0.05, 0.1) is 42.4 Å². The molecule has 1 saturated heterocycles. The molecule has 0 N–H and O–H groups in total. The maximum atomic E-state index is 13.8. The Morgan fingerprint density at radius 3 is 2.59 bits per heavy atom. The zero-order valence-electron chi connectivity index (χ0n) is 25.0. The average molecular weight is 600 g/mol. The summed E-state index contributed by atoms with van der Waals surface area (Å²) in [6.45, 7) is 7.53. The summed E-state index contributed by atoms with van der Waals surface area (Å²) in [7, 11) is 1.61. The molecule has 0 aliphatic carbocycles. The Morgan fingerprint density at radius 1 is 1.14 bits per heavy atom. The Bertz CT molecular complexity index is 1810. The molecule has 12 nitrogen and oxygen atoms in total. The van der Waals surface area contributed by atoms with Crippen molar-refractivity contribution in [3.8, 4) is 22.9 Å². The number of para-hydroxylation sites is 1. The Morgan fingerprint density at radius 2 is 1.89 bits per heavy atom. The number of rotatable bonds is 9. The van der Waals surface area contributed by atoms with Crippen LogP contribution in [-0.4, -0.2) is 71.6 Å². The normalized spacial score (nSPS) is 13.5. The lowest BCUT2D eigenvalue weighted by atomic mass is 9.96. The van der Waals surface area contributed by atoms with Crippen molar-refractivity contribution in [2.75, 3.05) is 40.0 Å². The number of nitrogens with zero attached hydrogens (tertiary/aromatic N) is 5. The summed E-state index contributed by atoms with van der Waals surface area (Å²) in [6.07, 6.45) is 1.31. The van der Waals surface area contributed by atoms with Gasteiger partial charge in [0.1, 0.15) is 11.5 Å². The number of hydrogen-bond donors (Lipinski definition) is 0. The highest BCUT2D eigenvalue weighted by molar-refractivity contribution is 5.86. The summed E-state index contributed by atoms with van der Waals surface area (Å²) < 4.78 is 17.9. The number of fused-ring (bicyclic) bond motifs is 1. The first-order chi connectivity index (χ1) is 21.2. The predicted molar refractivity (Wildman–Crippen MR) is 166 cm³/mol. The number of aromatic nitrogens is 2. The van der Waals surface area contributed by atoms with Crippen LogP contribution in [0.1, 0.15) is 36.5 Å². The van der Waals surface area contributed by atoms with E-state index in [1.54, 1.807) is 36.3 Å². The minimum atomic E-state index is -0.538. The number of nitro benzene ring substituents is 1. The van der Waals surface area contributed by atoms with Gasteiger partial charge in [0.15, 0.2) is 12.4 Å². The van der Waals surface area contributed by atoms with Crippen molar-refractivity contribution in [3.63, 3.8) is 0 Å². The number of amides is 1. The van der Waals surface area contributed by atoms with E-state index in [1.807, 2.05) is 32.9 Å². The molecule has 4 aromatic rings. The van der Waals surface area contributed by atoms with Crippen LogP contribution in [0.2, 0.25) is 0 Å². The summed E-state index contributed by atoms with van der Waals surface area (Å²) in [6, 6.07) is 14.8. The first-order valence-electron chi connectivity index (χ1n) is 14.2. The number of aryl methyl sites for hydroxylation is 1. The topological polar surface area (TPSA) is 138 Å². The van der Waals surface area contributed by atoms with Crippen molar-refractivity contribution >= 4 is 28.7 Å². The second-order valence-electron chi connectivity index (χ2n) is 10.6. The van der Waals surface area contributed by atoms with E-state index < -0.39 is 10.5 Å². The van der Waals surface area contributed by atoms with Crippen LogP contribution >= 0.6 is 0 Å². The largest absolute Gasteiger partial charge is 0.496 e. The lowest BCUT2D eigenvalue weighted by Crippen LogP contribution is -2.43. The minimum Gasteiger partial charge on any atom is -0.496 e. The third-order valence-corrected chi connectivity index (χ3v) is 7.42. The lowest BCUT2D eigenvalue weighted by molar-refractivity contribution is -0.384. The van der Waals surface area contributed by atoms with Gasteiger partial charge in [-0.05, 0) is 54.3 Å². The standard InChI is InChI=1S/C32H33N5O7/c1-20(2)25-17-26(21(3)15-29(25)42-4)31-34-27-8-6-5-7-24(27)32(39)36(31)33-18-22-16-23(37(40)41)9-10-28(22)44-19-30(38)35-11-13-43-14-12-35/h5-10,15-18,20H,11-14,19H2,1-4H3. The maximum Gasteiger partial charge on any atom is 0.282 e. The quantitative estimate of drug-likeness (QED) is 0.155. The molecule has 2 heterocycles. The van der Waals surface area contributed by atoms with Crippen molar-refractivity contribution in [1.29, 1.82) is 0 Å². The Hall–Kier alpha value is -5.10. The zero-order chi connectivity index (χ0) is 31.4. The molecule has 5 rings (SSSR count). The smallest absolute Gasteiger partial charge is 0.282 e. The van der Waals surface area contributed by atoms with Crippen LogP contribution in [0.4, 0.5) is 5.69 Å². The van der Waals surface area contributed by atoms with Crippen LogP contribution in [0.3, 0.4) is 0 Å². The maximum absolute atomic E-state index is 13.8. The first-order valence-corrected chi connectivity index (χ1v) is 14.2. The van der Waals surface area contributed by atoms with Crippen LogP contribution in [-0.2, 0) is 9.53 Å². The van der Waals surface area contributed by atoms with Gasteiger partial charge in [0.25, 0.3) is 17.2 Å². The lowest BCUT2D eigenvalue weighted by Gasteiger charge is -2.26. The molecular formula is C32H33N5O7. The summed E-state index contributed by atoms with van der Waals surface area (Å²) in [5.41, 5.74) is 2.54. The molecule has 1 fully saturated rings. The fourth-order valence-corrected chi connectivity index (χ4v) is 5.02. The Labute approximate surface area is 253 Å². The monoisotopic (exact) mass is 599 g/mol. The van der Waals surface area contributed by atoms with Gasteiger partial charge in [0, 0.05) is 36.3 Å². The van der Waals surface area contributed by atoms with Gasteiger partial charge in [-0.3, -0.25) is 19.7 Å². The molecule has 1 aliphatic heterocycles. The Kier molecular flexibility index (Phi) is 9.00. The van der Waals surface area contributed by atoms with Crippen LogP contribution in [0, 0.1) is 17.0 Å². The minimum absolute atomic E-state index is 0.123. The van der Waals surface area contributed by atoms with Crippen LogP contribution in [0.15, 0.2) is 64.5 Å². The highest BCUT2D eigenvalue weighted by Gasteiger charge is 2.20. The third kappa shape index (κ3) is 6.30. The van der Waals surface area contributed by atoms with E-state index in [9.17, 15) is 19.7 Å². The molecule has 0 spiro atoms. The van der Waals surface area contributed by atoms with E-state index in [1.165, 1.54) is 29.1 Å². The van der Waals surface area contributed by atoms with Crippen LogP contribution in [0.25, 0.3) is 22.3 Å². The average Bonchev–Trinajstić information content (AvgIpc) is 3.03. The van der Waals surface area contributed by atoms with Gasteiger partial charge in [-0.25, -0.2) is 4.98 Å². The number of carbonyl (C=O) groups is 1. The van der Waals surface area contributed by atoms with Gasteiger partial charge in [0.2, 0.25) is 0 Å². The molecule has 0 radical (unpaired) electrons. The number of methoxy groups -OCH3 is 1. The number of ether oxygens (including phenoxy) is 3. The second-order valence-corrected chi connectivity index (χ2v) is 10.6. The van der Waals surface area contributed by atoms with Crippen LogP contribution in [0.5, 0.6) is 11.5 Å². The van der Waals surface area contributed by atoms with E-state index >= 15 is 0 Å². The van der Waals surface area contributed by atoms with E-state index in [2.05, 4.69) is 5.10 Å². The van der Waals surface area contributed by atoms with Crippen molar-refractivity contribution in [2.24, 2.45) is 5.10 Å². The number of benzene rings is 3. The molecule has 1 aromatic heterocycles. The highest BCUT2D eigenvalue weighted by atomic mass is 16.6. The molecule has 0 atom stereocenters. The number of hydrogen-bond acceptors (Lipinski definition) is 9. The molecule has 0 bridgehead atoms. The van der Waals surface area contributed by atoms with Crippen molar-refractivity contribution < 1.29 is 23.9 Å². The van der Waals surface area contributed by atoms with Gasteiger partial charge < -0.3 is 19.1 Å². The summed E-state index contributed by atoms with van der Waals surface area (Å²) in [5.74, 6) is 1.11. The van der Waals surface area contributed by atoms with Crippen molar-refractivity contribution in [3.05, 3.63) is 91.8 Å². The summed E-state index contributed by atoms with van der Waals surface area (Å²) >= 11 is 0. The molecule has 228 valence electrons. The number of nitro groups is 1. The Balaban J connectivity index is 1.61. The molecule has 0 saturated carbocycles.